The van der Waals surface area contributed by atoms with Gasteiger partial charge in [-0.25, -0.2) is 4.68 Å². The molecule has 3 aromatic rings. The van der Waals surface area contributed by atoms with Gasteiger partial charge in [0.25, 0.3) is 0 Å². The highest BCUT2D eigenvalue weighted by Gasteiger charge is 2.13. The molecule has 0 saturated carbocycles. The second kappa shape index (κ2) is 7.50. The second-order valence-electron chi connectivity index (χ2n) is 5.19. The molecule has 0 fully saturated rings. The molecule has 3 rings (SSSR count). The van der Waals surface area contributed by atoms with Crippen molar-refractivity contribution in [3.05, 3.63) is 52.2 Å². The molecule has 1 aromatic carbocycles. The van der Waals surface area contributed by atoms with E-state index in [1.807, 2.05) is 48.7 Å². The van der Waals surface area contributed by atoms with Crippen LogP contribution in [-0.2, 0) is 11.3 Å². The summed E-state index contributed by atoms with van der Waals surface area (Å²) in [5.41, 5.74) is 2.06. The summed E-state index contributed by atoms with van der Waals surface area (Å²) in [5, 5.41) is 13.6. The lowest BCUT2D eigenvalue weighted by Crippen LogP contribution is -2.24. The number of nitrogens with one attached hydrogen (secondary N) is 1. The van der Waals surface area contributed by atoms with Gasteiger partial charge in [-0.15, -0.1) is 21.5 Å². The fourth-order valence-corrected chi connectivity index (χ4v) is 3.39. The molecule has 0 unspecified atom stereocenters. The Labute approximate surface area is 148 Å². The fourth-order valence-electron chi connectivity index (χ4n) is 2.05. The number of thioether (sulfide) groups is 1. The second-order valence-corrected chi connectivity index (χ2v) is 7.16. The molecule has 8 heteroatoms. The predicted molar refractivity (Wildman–Crippen MR) is 97.2 cm³/mol. The van der Waals surface area contributed by atoms with Crippen molar-refractivity contribution in [1.29, 1.82) is 0 Å². The van der Waals surface area contributed by atoms with Crippen LogP contribution in [0, 0.1) is 6.92 Å². The first kappa shape index (κ1) is 16.5. The lowest BCUT2D eigenvalue weighted by molar-refractivity contribution is -0.118. The predicted octanol–water partition coefficient (Wildman–Crippen LogP) is 2.44. The van der Waals surface area contributed by atoms with Crippen LogP contribution in [0.25, 0.3) is 11.4 Å². The van der Waals surface area contributed by atoms with E-state index in [1.165, 1.54) is 22.0 Å². The monoisotopic (exact) mass is 359 g/mol. The van der Waals surface area contributed by atoms with Gasteiger partial charge in [0.15, 0.2) is 5.82 Å². The standard InChI is InChI=1S/C16H17N5OS2/c1-11-4-6-12(7-5-11)15-19-20-16(21(15)17)24-10-14(22)18-9-13-3-2-8-23-13/h2-8H,9-10,17H2,1H3,(H,18,22). The van der Waals surface area contributed by atoms with Gasteiger partial charge >= 0.3 is 0 Å². The van der Waals surface area contributed by atoms with Crippen LogP contribution in [-0.4, -0.2) is 26.5 Å². The average molecular weight is 359 g/mol. The molecule has 0 bridgehead atoms. The van der Waals surface area contributed by atoms with Crippen LogP contribution in [0.4, 0.5) is 0 Å². The number of aromatic nitrogens is 3. The van der Waals surface area contributed by atoms with Gasteiger partial charge in [-0.1, -0.05) is 47.7 Å². The van der Waals surface area contributed by atoms with Gasteiger partial charge in [-0.3, -0.25) is 4.79 Å². The van der Waals surface area contributed by atoms with Crippen molar-refractivity contribution in [2.24, 2.45) is 0 Å². The van der Waals surface area contributed by atoms with E-state index in [4.69, 9.17) is 5.84 Å². The first-order chi connectivity index (χ1) is 11.6. The molecule has 3 N–H and O–H groups in total. The van der Waals surface area contributed by atoms with Gasteiger partial charge in [0.2, 0.25) is 11.1 Å². The van der Waals surface area contributed by atoms with Crippen LogP contribution in [0.2, 0.25) is 0 Å². The van der Waals surface area contributed by atoms with Crippen molar-refractivity contribution in [2.45, 2.75) is 18.6 Å². The molecule has 0 spiro atoms. The molecular formula is C16H17N5OS2. The van der Waals surface area contributed by atoms with Crippen molar-refractivity contribution >= 4 is 29.0 Å². The number of hydrogen-bond acceptors (Lipinski definition) is 6. The van der Waals surface area contributed by atoms with Crippen molar-refractivity contribution in [1.82, 2.24) is 20.2 Å². The molecule has 0 aliphatic rings. The van der Waals surface area contributed by atoms with Crippen LogP contribution in [0.3, 0.4) is 0 Å². The van der Waals surface area contributed by atoms with Crippen molar-refractivity contribution in [2.75, 3.05) is 11.6 Å². The summed E-state index contributed by atoms with van der Waals surface area (Å²) >= 11 is 2.88. The van der Waals surface area contributed by atoms with Gasteiger partial charge in [0.1, 0.15) is 0 Å². The summed E-state index contributed by atoms with van der Waals surface area (Å²) in [6.45, 7) is 2.56. The number of hydrogen-bond donors (Lipinski definition) is 2. The summed E-state index contributed by atoms with van der Waals surface area (Å²) in [5.74, 6) is 6.81. The summed E-state index contributed by atoms with van der Waals surface area (Å²) in [6, 6.07) is 11.8. The van der Waals surface area contributed by atoms with E-state index in [2.05, 4.69) is 15.5 Å². The Hall–Kier alpha value is -2.32. The minimum atomic E-state index is -0.0618. The highest BCUT2D eigenvalue weighted by molar-refractivity contribution is 7.99. The smallest absolute Gasteiger partial charge is 0.230 e. The van der Waals surface area contributed by atoms with E-state index in [1.54, 1.807) is 11.3 Å². The van der Waals surface area contributed by atoms with Crippen molar-refractivity contribution < 1.29 is 4.79 Å². The Bertz CT molecular complexity index is 812. The van der Waals surface area contributed by atoms with Crippen molar-refractivity contribution in [3.8, 4) is 11.4 Å². The SMILES string of the molecule is Cc1ccc(-c2nnc(SCC(=O)NCc3cccs3)n2N)cc1. The number of carbonyl (C=O) groups excluding carboxylic acids is 1. The lowest BCUT2D eigenvalue weighted by atomic mass is 10.1. The number of benzene rings is 1. The highest BCUT2D eigenvalue weighted by atomic mass is 32.2. The zero-order valence-corrected chi connectivity index (χ0v) is 14.7. The number of thiophene rings is 1. The third-order valence-electron chi connectivity index (χ3n) is 3.35. The summed E-state index contributed by atoms with van der Waals surface area (Å²) in [6.07, 6.45) is 0. The van der Waals surface area contributed by atoms with E-state index < -0.39 is 0 Å². The van der Waals surface area contributed by atoms with Gasteiger partial charge < -0.3 is 11.2 Å². The topological polar surface area (TPSA) is 85.8 Å². The van der Waals surface area contributed by atoms with Gasteiger partial charge in [-0.2, -0.15) is 0 Å². The molecule has 0 saturated heterocycles. The molecule has 0 aliphatic heterocycles. The molecular weight excluding hydrogens is 342 g/mol. The molecule has 124 valence electrons. The van der Waals surface area contributed by atoms with Gasteiger partial charge in [-0.05, 0) is 18.4 Å². The molecule has 0 atom stereocenters. The van der Waals surface area contributed by atoms with E-state index in [0.29, 0.717) is 17.5 Å². The maximum atomic E-state index is 11.9. The van der Waals surface area contributed by atoms with E-state index >= 15 is 0 Å². The fraction of sp³-hybridized carbons (Fsp3) is 0.188. The first-order valence-corrected chi connectivity index (χ1v) is 9.19. The maximum Gasteiger partial charge on any atom is 0.230 e. The number of rotatable bonds is 6. The summed E-state index contributed by atoms with van der Waals surface area (Å²) < 4.78 is 1.42. The minimum absolute atomic E-state index is 0.0618. The Morgan fingerprint density at radius 3 is 2.79 bits per heavy atom. The quantitative estimate of drug-likeness (QED) is 0.521. The molecule has 6 nitrogen and oxygen atoms in total. The Kier molecular flexibility index (Phi) is 5.17. The van der Waals surface area contributed by atoms with Crippen LogP contribution in [0.5, 0.6) is 0 Å². The molecule has 2 aromatic heterocycles. The zero-order chi connectivity index (χ0) is 16.9. The molecule has 24 heavy (non-hydrogen) atoms. The molecule has 0 aliphatic carbocycles. The highest BCUT2D eigenvalue weighted by Crippen LogP contribution is 2.21. The number of carbonyl (C=O) groups is 1. The molecule has 0 radical (unpaired) electrons. The van der Waals surface area contributed by atoms with Gasteiger partial charge in [0.05, 0.1) is 12.3 Å². The number of amides is 1. The first-order valence-electron chi connectivity index (χ1n) is 7.33. The van der Waals surface area contributed by atoms with Crippen LogP contribution in [0.1, 0.15) is 10.4 Å². The Balaban J connectivity index is 1.58. The van der Waals surface area contributed by atoms with Gasteiger partial charge in [0, 0.05) is 10.4 Å². The minimum Gasteiger partial charge on any atom is -0.350 e. The number of nitrogens with two attached hydrogens (primary N) is 1. The Morgan fingerprint density at radius 1 is 1.29 bits per heavy atom. The molecule has 1 amide bonds. The number of nitrogens with zero attached hydrogens (tertiary/aromatic N) is 3. The van der Waals surface area contributed by atoms with E-state index in [9.17, 15) is 4.79 Å². The zero-order valence-electron chi connectivity index (χ0n) is 13.1. The van der Waals surface area contributed by atoms with Crippen LogP contribution in [0.15, 0.2) is 46.9 Å². The third-order valence-corrected chi connectivity index (χ3v) is 5.17. The number of aryl methyl sites for hydroxylation is 1. The maximum absolute atomic E-state index is 11.9. The van der Waals surface area contributed by atoms with E-state index in [0.717, 1.165) is 10.4 Å². The van der Waals surface area contributed by atoms with Crippen molar-refractivity contribution in [3.63, 3.8) is 0 Å². The summed E-state index contributed by atoms with van der Waals surface area (Å²) in [7, 11) is 0. The van der Waals surface area contributed by atoms with Crippen LogP contribution >= 0.6 is 23.1 Å². The molecule has 2 heterocycles. The Morgan fingerprint density at radius 2 is 2.08 bits per heavy atom. The lowest BCUT2D eigenvalue weighted by Gasteiger charge is -2.05. The largest absolute Gasteiger partial charge is 0.350 e. The van der Waals surface area contributed by atoms with Crippen LogP contribution < -0.4 is 11.2 Å². The van der Waals surface area contributed by atoms with E-state index in [-0.39, 0.29) is 11.7 Å². The summed E-state index contributed by atoms with van der Waals surface area (Å²) in [4.78, 5) is 13.0. The number of nitrogen functional groups attached to an aromatic ring is 1. The third kappa shape index (κ3) is 3.95. The normalized spacial score (nSPS) is 10.7. The average Bonchev–Trinajstić information content (AvgIpc) is 3.22.